The molecule has 1 fully saturated rings. The van der Waals surface area contributed by atoms with Gasteiger partial charge < -0.3 is 9.47 Å². The van der Waals surface area contributed by atoms with Gasteiger partial charge in [-0.2, -0.15) is 0 Å². The SMILES string of the molecule is O=C(COc1cccc(Cl)c1)C1CCCOC1. The number of hydrogen-bond donors (Lipinski definition) is 0. The average molecular weight is 255 g/mol. The number of benzene rings is 1. The van der Waals surface area contributed by atoms with Crippen LogP contribution in [0.4, 0.5) is 0 Å². The molecule has 17 heavy (non-hydrogen) atoms. The van der Waals surface area contributed by atoms with E-state index in [0.717, 1.165) is 19.4 Å². The lowest BCUT2D eigenvalue weighted by Crippen LogP contribution is -2.29. The summed E-state index contributed by atoms with van der Waals surface area (Å²) in [6.45, 7) is 1.38. The van der Waals surface area contributed by atoms with Crippen LogP contribution in [0.3, 0.4) is 0 Å². The smallest absolute Gasteiger partial charge is 0.175 e. The maximum absolute atomic E-state index is 11.8. The Morgan fingerprint density at radius 3 is 3.12 bits per heavy atom. The molecule has 3 nitrogen and oxygen atoms in total. The summed E-state index contributed by atoms with van der Waals surface area (Å²) in [6.07, 6.45) is 1.85. The van der Waals surface area contributed by atoms with Crippen LogP contribution in [0.5, 0.6) is 5.75 Å². The quantitative estimate of drug-likeness (QED) is 0.829. The molecular formula is C13H15ClO3. The second-order valence-electron chi connectivity index (χ2n) is 4.13. The van der Waals surface area contributed by atoms with Crippen LogP contribution in [0, 0.1) is 5.92 Å². The Hall–Kier alpha value is -1.06. The van der Waals surface area contributed by atoms with E-state index < -0.39 is 0 Å². The summed E-state index contributed by atoms with van der Waals surface area (Å²) >= 11 is 5.82. The van der Waals surface area contributed by atoms with Gasteiger partial charge in [0, 0.05) is 17.5 Å². The lowest BCUT2D eigenvalue weighted by Gasteiger charge is -2.20. The highest BCUT2D eigenvalue weighted by molar-refractivity contribution is 6.30. The third kappa shape index (κ3) is 3.72. The molecule has 1 saturated heterocycles. The fourth-order valence-electron chi connectivity index (χ4n) is 1.82. The van der Waals surface area contributed by atoms with E-state index in [2.05, 4.69) is 0 Å². The van der Waals surface area contributed by atoms with E-state index in [1.165, 1.54) is 0 Å². The molecule has 0 spiro atoms. The van der Waals surface area contributed by atoms with Crippen molar-refractivity contribution in [2.45, 2.75) is 12.8 Å². The molecule has 1 aromatic rings. The molecule has 1 aromatic carbocycles. The summed E-state index contributed by atoms with van der Waals surface area (Å²) in [7, 11) is 0. The first-order valence-corrected chi connectivity index (χ1v) is 6.12. The molecule has 0 bridgehead atoms. The molecule has 0 radical (unpaired) electrons. The second kappa shape index (κ2) is 6.03. The van der Waals surface area contributed by atoms with Gasteiger partial charge in [-0.15, -0.1) is 0 Å². The van der Waals surface area contributed by atoms with Gasteiger partial charge >= 0.3 is 0 Å². The molecule has 0 aliphatic carbocycles. The number of rotatable bonds is 4. The molecule has 92 valence electrons. The maximum Gasteiger partial charge on any atom is 0.175 e. The van der Waals surface area contributed by atoms with Crippen molar-refractivity contribution in [3.8, 4) is 5.75 Å². The van der Waals surface area contributed by atoms with Crippen molar-refractivity contribution >= 4 is 17.4 Å². The third-order valence-electron chi connectivity index (χ3n) is 2.79. The fourth-order valence-corrected chi connectivity index (χ4v) is 2.00. The molecule has 0 saturated carbocycles. The van der Waals surface area contributed by atoms with Crippen molar-refractivity contribution in [1.82, 2.24) is 0 Å². The minimum absolute atomic E-state index is 0.0112. The van der Waals surface area contributed by atoms with Crippen molar-refractivity contribution in [3.05, 3.63) is 29.3 Å². The van der Waals surface area contributed by atoms with E-state index in [9.17, 15) is 4.79 Å². The first-order chi connectivity index (χ1) is 8.25. The van der Waals surface area contributed by atoms with Crippen LogP contribution in [0.1, 0.15) is 12.8 Å². The molecular weight excluding hydrogens is 240 g/mol. The molecule has 1 aliphatic heterocycles. The van der Waals surface area contributed by atoms with Crippen LogP contribution in [0.25, 0.3) is 0 Å². The highest BCUT2D eigenvalue weighted by Gasteiger charge is 2.21. The van der Waals surface area contributed by atoms with Crippen molar-refractivity contribution in [2.24, 2.45) is 5.92 Å². The van der Waals surface area contributed by atoms with Gasteiger partial charge in [-0.1, -0.05) is 17.7 Å². The topological polar surface area (TPSA) is 35.5 Å². The first kappa shape index (κ1) is 12.4. The lowest BCUT2D eigenvalue weighted by atomic mass is 9.98. The van der Waals surface area contributed by atoms with Crippen LogP contribution in [-0.4, -0.2) is 25.6 Å². The monoisotopic (exact) mass is 254 g/mol. The van der Waals surface area contributed by atoms with E-state index in [4.69, 9.17) is 21.1 Å². The van der Waals surface area contributed by atoms with E-state index >= 15 is 0 Å². The van der Waals surface area contributed by atoms with Crippen LogP contribution < -0.4 is 4.74 Å². The molecule has 0 amide bonds. The van der Waals surface area contributed by atoms with Crippen LogP contribution in [-0.2, 0) is 9.53 Å². The van der Waals surface area contributed by atoms with Gasteiger partial charge in [0.2, 0.25) is 0 Å². The van der Waals surface area contributed by atoms with Gasteiger partial charge in [-0.05, 0) is 31.0 Å². The molecule has 1 atom stereocenters. The minimum Gasteiger partial charge on any atom is -0.486 e. The summed E-state index contributed by atoms with van der Waals surface area (Å²) in [6, 6.07) is 7.06. The van der Waals surface area contributed by atoms with Crippen molar-refractivity contribution < 1.29 is 14.3 Å². The van der Waals surface area contributed by atoms with Gasteiger partial charge in [-0.25, -0.2) is 0 Å². The highest BCUT2D eigenvalue weighted by atomic mass is 35.5. The van der Waals surface area contributed by atoms with Crippen molar-refractivity contribution in [1.29, 1.82) is 0 Å². The zero-order valence-electron chi connectivity index (χ0n) is 9.52. The Balaban J connectivity index is 1.83. The average Bonchev–Trinajstić information content (AvgIpc) is 2.37. The molecule has 2 rings (SSSR count). The molecule has 0 aromatic heterocycles. The van der Waals surface area contributed by atoms with Crippen LogP contribution >= 0.6 is 11.6 Å². The van der Waals surface area contributed by atoms with Crippen LogP contribution in [0.15, 0.2) is 24.3 Å². The Bertz CT molecular complexity index is 386. The Morgan fingerprint density at radius 2 is 2.41 bits per heavy atom. The van der Waals surface area contributed by atoms with E-state index in [1.54, 1.807) is 24.3 Å². The van der Waals surface area contributed by atoms with Gasteiger partial charge in [-0.3, -0.25) is 4.79 Å². The number of ether oxygens (including phenoxy) is 2. The van der Waals surface area contributed by atoms with E-state index in [1.807, 2.05) is 0 Å². The van der Waals surface area contributed by atoms with Gasteiger partial charge in [0.15, 0.2) is 5.78 Å². The largest absolute Gasteiger partial charge is 0.486 e. The molecule has 1 unspecified atom stereocenters. The van der Waals surface area contributed by atoms with E-state index in [0.29, 0.717) is 17.4 Å². The molecule has 0 N–H and O–H groups in total. The number of hydrogen-bond acceptors (Lipinski definition) is 3. The predicted octanol–water partition coefficient (Wildman–Crippen LogP) is 2.71. The number of carbonyl (C=O) groups is 1. The number of carbonyl (C=O) groups excluding carboxylic acids is 1. The minimum atomic E-state index is -0.0112. The summed E-state index contributed by atoms with van der Waals surface area (Å²) in [5, 5.41) is 0.607. The van der Waals surface area contributed by atoms with Gasteiger partial charge in [0.25, 0.3) is 0 Å². The highest BCUT2D eigenvalue weighted by Crippen LogP contribution is 2.19. The van der Waals surface area contributed by atoms with Gasteiger partial charge in [0.05, 0.1) is 6.61 Å². The second-order valence-corrected chi connectivity index (χ2v) is 4.56. The van der Waals surface area contributed by atoms with Crippen molar-refractivity contribution in [2.75, 3.05) is 19.8 Å². The third-order valence-corrected chi connectivity index (χ3v) is 3.03. The van der Waals surface area contributed by atoms with Crippen LogP contribution in [0.2, 0.25) is 5.02 Å². The first-order valence-electron chi connectivity index (χ1n) is 5.74. The summed E-state index contributed by atoms with van der Waals surface area (Å²) in [4.78, 5) is 11.8. The Morgan fingerprint density at radius 1 is 1.53 bits per heavy atom. The standard InChI is InChI=1S/C13H15ClO3/c14-11-4-1-5-12(7-11)17-9-13(15)10-3-2-6-16-8-10/h1,4-5,7,10H,2-3,6,8-9H2. The van der Waals surface area contributed by atoms with Crippen molar-refractivity contribution in [3.63, 3.8) is 0 Å². The number of halogens is 1. The lowest BCUT2D eigenvalue weighted by molar-refractivity contribution is -0.128. The Kier molecular flexibility index (Phi) is 4.40. The van der Waals surface area contributed by atoms with E-state index in [-0.39, 0.29) is 18.3 Å². The summed E-state index contributed by atoms with van der Waals surface area (Å²) in [5.74, 6) is 0.718. The summed E-state index contributed by atoms with van der Waals surface area (Å²) < 4.78 is 10.7. The Labute approximate surface area is 106 Å². The summed E-state index contributed by atoms with van der Waals surface area (Å²) in [5.41, 5.74) is 0. The predicted molar refractivity (Wildman–Crippen MR) is 65.5 cm³/mol. The number of Topliss-reactive ketones (excluding diaryl/α,β-unsaturated/α-hetero) is 1. The molecule has 1 heterocycles. The zero-order valence-corrected chi connectivity index (χ0v) is 10.3. The van der Waals surface area contributed by atoms with Gasteiger partial charge in [0.1, 0.15) is 12.4 Å². The fraction of sp³-hybridized carbons (Fsp3) is 0.462. The molecule has 4 heteroatoms. The zero-order chi connectivity index (χ0) is 12.1. The maximum atomic E-state index is 11.8. The molecule has 1 aliphatic rings. The normalized spacial score (nSPS) is 19.9. The number of ketones is 1.